The Labute approximate surface area is 116 Å². The molecule has 6 N–H and O–H groups in total. The summed E-state index contributed by atoms with van der Waals surface area (Å²) in [6, 6.07) is 1.91. The second-order valence-electron chi connectivity index (χ2n) is 3.45. The van der Waals surface area contributed by atoms with Gasteiger partial charge in [0.15, 0.2) is 5.96 Å². The molecule has 7 heteroatoms. The second-order valence-corrected chi connectivity index (χ2v) is 5.15. The molecule has 0 spiro atoms. The van der Waals surface area contributed by atoms with Crippen molar-refractivity contribution in [2.45, 2.75) is 13.8 Å². The molecule has 1 rings (SSSR count). The van der Waals surface area contributed by atoms with Gasteiger partial charge in [-0.05, 0) is 47.0 Å². The number of hydrogen-bond donors (Lipinski definition) is 3. The van der Waals surface area contributed by atoms with Crippen LogP contribution in [-0.4, -0.2) is 11.9 Å². The first-order valence-corrected chi connectivity index (χ1v) is 6.30. The van der Waals surface area contributed by atoms with Crippen LogP contribution in [-0.2, 0) is 0 Å². The van der Waals surface area contributed by atoms with Gasteiger partial charge in [-0.3, -0.25) is 0 Å². The largest absolute Gasteiger partial charge is 0.370 e. The Hall–Kier alpha value is -1.08. The second kappa shape index (κ2) is 5.50. The van der Waals surface area contributed by atoms with Gasteiger partial charge in [0.1, 0.15) is 0 Å². The predicted molar refractivity (Wildman–Crippen MR) is 78.4 cm³/mol. The van der Waals surface area contributed by atoms with Crippen molar-refractivity contribution < 1.29 is 0 Å². The number of benzene rings is 1. The molecule has 5 nitrogen and oxygen atoms in total. The molecule has 0 atom stereocenters. The highest BCUT2D eigenvalue weighted by Gasteiger charge is 2.09. The normalized spacial score (nSPS) is 11.4. The van der Waals surface area contributed by atoms with Gasteiger partial charge in [-0.1, -0.05) is 15.9 Å². The van der Waals surface area contributed by atoms with Gasteiger partial charge in [-0.15, -0.1) is 0 Å². The summed E-state index contributed by atoms with van der Waals surface area (Å²) < 4.78 is 1.82. The molecule has 0 saturated heterocycles. The molecule has 0 aromatic heterocycles. The molecular formula is C10H13Br2N5. The maximum Gasteiger partial charge on any atom is 0.223 e. The first kappa shape index (κ1) is 14.0. The van der Waals surface area contributed by atoms with E-state index in [2.05, 4.69) is 41.8 Å². The molecule has 1 aromatic carbocycles. The molecule has 1 aromatic rings. The molecule has 0 saturated carbocycles. The van der Waals surface area contributed by atoms with Gasteiger partial charge in [0.25, 0.3) is 0 Å². The zero-order valence-electron chi connectivity index (χ0n) is 9.46. The van der Waals surface area contributed by atoms with Crippen LogP contribution in [0.25, 0.3) is 0 Å². The molecule has 0 fully saturated rings. The van der Waals surface area contributed by atoms with Gasteiger partial charge in [-0.25, -0.2) is 4.99 Å². The Morgan fingerprint density at radius 2 is 1.65 bits per heavy atom. The number of aliphatic imine (C=N–C) groups is 2. The summed E-state index contributed by atoms with van der Waals surface area (Å²) in [7, 11) is 0. The first-order chi connectivity index (χ1) is 7.82. The van der Waals surface area contributed by atoms with Gasteiger partial charge >= 0.3 is 0 Å². The summed E-state index contributed by atoms with van der Waals surface area (Å²) in [4.78, 5) is 7.85. The summed E-state index contributed by atoms with van der Waals surface area (Å²) in [5.41, 5.74) is 18.9. The van der Waals surface area contributed by atoms with Crippen LogP contribution in [0, 0.1) is 13.8 Å². The van der Waals surface area contributed by atoms with Crippen LogP contribution in [0.15, 0.2) is 25.0 Å². The predicted octanol–water partition coefficient (Wildman–Crippen LogP) is 2.05. The molecule has 17 heavy (non-hydrogen) atoms. The Balaban J connectivity index is 3.34. The molecule has 0 aliphatic rings. The number of nitrogens with zero attached hydrogens (tertiary/aromatic N) is 2. The van der Waals surface area contributed by atoms with Crippen LogP contribution in [0.1, 0.15) is 11.1 Å². The maximum absolute atomic E-state index is 5.60. The lowest BCUT2D eigenvalue weighted by Gasteiger charge is -2.09. The maximum atomic E-state index is 5.60. The summed E-state index contributed by atoms with van der Waals surface area (Å²) in [5.74, 6) is -0.0932. The SMILES string of the molecule is Cc1c(Br)cc(Br)c(N=C(N)N=C(N)N)c1C. The van der Waals surface area contributed by atoms with Gasteiger partial charge < -0.3 is 17.2 Å². The van der Waals surface area contributed by atoms with Gasteiger partial charge in [0, 0.05) is 8.95 Å². The Bertz CT molecular complexity index is 504. The van der Waals surface area contributed by atoms with E-state index in [4.69, 9.17) is 17.2 Å². The molecule has 0 radical (unpaired) electrons. The lowest BCUT2D eigenvalue weighted by molar-refractivity contribution is 1.26. The van der Waals surface area contributed by atoms with Crippen molar-refractivity contribution in [2.24, 2.45) is 27.2 Å². The van der Waals surface area contributed by atoms with Gasteiger partial charge in [0.2, 0.25) is 5.96 Å². The number of guanidine groups is 2. The van der Waals surface area contributed by atoms with Crippen molar-refractivity contribution in [1.82, 2.24) is 0 Å². The van der Waals surface area contributed by atoms with E-state index in [1.54, 1.807) is 0 Å². The first-order valence-electron chi connectivity index (χ1n) is 4.72. The monoisotopic (exact) mass is 361 g/mol. The van der Waals surface area contributed by atoms with E-state index in [-0.39, 0.29) is 11.9 Å². The highest BCUT2D eigenvalue weighted by molar-refractivity contribution is 9.11. The number of nitrogens with two attached hydrogens (primary N) is 3. The van der Waals surface area contributed by atoms with Crippen LogP contribution in [0.2, 0.25) is 0 Å². The van der Waals surface area contributed by atoms with Crippen molar-refractivity contribution in [2.75, 3.05) is 0 Å². The standard InChI is InChI=1S/C10H13Br2N5/c1-4-5(2)8(7(12)3-6(4)11)16-10(15)17-9(13)14/h3H,1-2H3,(H6,13,14,15,16,17). The number of halogens is 2. The van der Waals surface area contributed by atoms with E-state index in [1.165, 1.54) is 0 Å². The Kier molecular flexibility index (Phi) is 4.53. The van der Waals surface area contributed by atoms with E-state index in [0.29, 0.717) is 5.69 Å². The van der Waals surface area contributed by atoms with Crippen LogP contribution < -0.4 is 17.2 Å². The van der Waals surface area contributed by atoms with E-state index in [0.717, 1.165) is 20.1 Å². The quantitative estimate of drug-likeness (QED) is 0.526. The van der Waals surface area contributed by atoms with Crippen molar-refractivity contribution >= 4 is 49.5 Å². The summed E-state index contributed by atoms with van der Waals surface area (Å²) >= 11 is 6.88. The van der Waals surface area contributed by atoms with Crippen LogP contribution in [0.5, 0.6) is 0 Å². The number of hydrogen-bond acceptors (Lipinski definition) is 1. The van der Waals surface area contributed by atoms with Gasteiger partial charge in [0.05, 0.1) is 5.69 Å². The third-order valence-corrected chi connectivity index (χ3v) is 3.65. The van der Waals surface area contributed by atoms with Gasteiger partial charge in [-0.2, -0.15) is 4.99 Å². The zero-order valence-corrected chi connectivity index (χ0v) is 12.6. The summed E-state index contributed by atoms with van der Waals surface area (Å²) in [6.45, 7) is 3.94. The highest BCUT2D eigenvalue weighted by Crippen LogP contribution is 2.35. The van der Waals surface area contributed by atoms with E-state index in [1.807, 2.05) is 19.9 Å². The lowest BCUT2D eigenvalue weighted by Crippen LogP contribution is -2.26. The topological polar surface area (TPSA) is 103 Å². The molecule has 0 aliphatic carbocycles. The molecular weight excluding hydrogens is 350 g/mol. The van der Waals surface area contributed by atoms with Crippen molar-refractivity contribution in [1.29, 1.82) is 0 Å². The molecule has 0 amide bonds. The minimum atomic E-state index is -0.117. The lowest BCUT2D eigenvalue weighted by atomic mass is 10.1. The van der Waals surface area contributed by atoms with E-state index >= 15 is 0 Å². The minimum Gasteiger partial charge on any atom is -0.370 e. The van der Waals surface area contributed by atoms with Crippen LogP contribution in [0.4, 0.5) is 5.69 Å². The molecule has 0 unspecified atom stereocenters. The van der Waals surface area contributed by atoms with E-state index < -0.39 is 0 Å². The third-order valence-electron chi connectivity index (χ3n) is 2.23. The molecule has 92 valence electrons. The van der Waals surface area contributed by atoms with E-state index in [9.17, 15) is 0 Å². The zero-order chi connectivity index (χ0) is 13.2. The Morgan fingerprint density at radius 3 is 2.18 bits per heavy atom. The van der Waals surface area contributed by atoms with Crippen molar-refractivity contribution in [3.8, 4) is 0 Å². The molecule has 0 aliphatic heterocycles. The summed E-state index contributed by atoms with van der Waals surface area (Å²) in [6.07, 6.45) is 0. The fourth-order valence-electron chi connectivity index (χ4n) is 1.23. The average molecular weight is 363 g/mol. The van der Waals surface area contributed by atoms with Crippen molar-refractivity contribution in [3.63, 3.8) is 0 Å². The fourth-order valence-corrected chi connectivity index (χ4v) is 2.68. The third kappa shape index (κ3) is 3.44. The van der Waals surface area contributed by atoms with Crippen molar-refractivity contribution in [3.05, 3.63) is 26.1 Å². The van der Waals surface area contributed by atoms with Crippen LogP contribution >= 0.6 is 31.9 Å². The molecule has 0 bridgehead atoms. The number of rotatable bonds is 1. The fraction of sp³-hybridized carbons (Fsp3) is 0.200. The highest BCUT2D eigenvalue weighted by atomic mass is 79.9. The minimum absolute atomic E-state index is 0.0236. The van der Waals surface area contributed by atoms with Crippen LogP contribution in [0.3, 0.4) is 0 Å². The molecule has 0 heterocycles. The average Bonchev–Trinajstić information content (AvgIpc) is 2.20. The summed E-state index contributed by atoms with van der Waals surface area (Å²) in [5, 5.41) is 0. The smallest absolute Gasteiger partial charge is 0.223 e. The Morgan fingerprint density at radius 1 is 1.06 bits per heavy atom.